The predicted octanol–water partition coefficient (Wildman–Crippen LogP) is 1.23. The summed E-state index contributed by atoms with van der Waals surface area (Å²) in [4.78, 5) is 37.0. The standard InChI is InChI=1S/C25H27N3O6S/c1-5-26-23(30)15-34-19-11-10-16(12-20(19)33-4)13-21-25(31)28(2)24(35-21)14-22(29)27-17-8-6-7-9-18(17)32-3/h6-14H,5,15H2,1-4H3,(H,26,30)(H,27,29)/b21-13+,24-14-. The summed E-state index contributed by atoms with van der Waals surface area (Å²) in [6.07, 6.45) is 3.08. The van der Waals surface area contributed by atoms with E-state index in [1.165, 1.54) is 36.2 Å². The summed E-state index contributed by atoms with van der Waals surface area (Å²) in [5.41, 5.74) is 1.00. The number of aromatic nitrogens is 1. The van der Waals surface area contributed by atoms with Gasteiger partial charge >= 0.3 is 0 Å². The van der Waals surface area contributed by atoms with Crippen molar-refractivity contribution in [1.29, 1.82) is 0 Å². The van der Waals surface area contributed by atoms with Crippen LogP contribution in [0.3, 0.4) is 0 Å². The first kappa shape index (κ1) is 25.6. The molecule has 1 heterocycles. The average Bonchev–Trinajstić information content (AvgIpc) is 3.11. The van der Waals surface area contributed by atoms with Gasteiger partial charge in [-0.1, -0.05) is 18.2 Å². The Morgan fingerprint density at radius 3 is 2.51 bits per heavy atom. The van der Waals surface area contributed by atoms with E-state index < -0.39 is 0 Å². The summed E-state index contributed by atoms with van der Waals surface area (Å²) in [7, 11) is 4.63. The minimum absolute atomic E-state index is 0.130. The monoisotopic (exact) mass is 497 g/mol. The Bertz CT molecular complexity index is 1390. The van der Waals surface area contributed by atoms with E-state index >= 15 is 0 Å². The molecule has 0 saturated carbocycles. The smallest absolute Gasteiger partial charge is 0.268 e. The summed E-state index contributed by atoms with van der Waals surface area (Å²) in [5, 5.41) is 5.43. The highest BCUT2D eigenvalue weighted by Gasteiger charge is 2.10. The lowest BCUT2D eigenvalue weighted by Gasteiger charge is -2.11. The number of nitrogens with one attached hydrogen (secondary N) is 2. The van der Waals surface area contributed by atoms with Crippen molar-refractivity contribution in [3.63, 3.8) is 0 Å². The summed E-state index contributed by atoms with van der Waals surface area (Å²) < 4.78 is 18.5. The van der Waals surface area contributed by atoms with Gasteiger partial charge < -0.3 is 29.4 Å². The third kappa shape index (κ3) is 6.51. The van der Waals surface area contributed by atoms with Crippen molar-refractivity contribution in [3.05, 3.63) is 67.6 Å². The van der Waals surface area contributed by atoms with Crippen molar-refractivity contribution < 1.29 is 23.8 Å². The molecule has 2 amide bonds. The lowest BCUT2D eigenvalue weighted by molar-refractivity contribution is -0.123. The van der Waals surface area contributed by atoms with Gasteiger partial charge in [-0.3, -0.25) is 14.4 Å². The second-order valence-corrected chi connectivity index (χ2v) is 8.36. The Morgan fingerprint density at radius 1 is 1.06 bits per heavy atom. The number of benzene rings is 2. The fourth-order valence-electron chi connectivity index (χ4n) is 3.17. The van der Waals surface area contributed by atoms with Crippen LogP contribution in [0, 0.1) is 0 Å². The number of anilines is 1. The van der Waals surface area contributed by atoms with Crippen LogP contribution in [-0.2, 0) is 16.6 Å². The molecule has 0 bridgehead atoms. The summed E-state index contributed by atoms with van der Waals surface area (Å²) in [6.45, 7) is 2.22. The highest BCUT2D eigenvalue weighted by molar-refractivity contribution is 7.07. The first-order valence-electron chi connectivity index (χ1n) is 10.8. The van der Waals surface area contributed by atoms with E-state index in [1.54, 1.807) is 55.6 Å². The molecule has 0 aliphatic rings. The maximum atomic E-state index is 12.8. The van der Waals surface area contributed by atoms with Gasteiger partial charge in [-0.2, -0.15) is 0 Å². The van der Waals surface area contributed by atoms with Gasteiger partial charge in [0.15, 0.2) is 18.1 Å². The van der Waals surface area contributed by atoms with Crippen LogP contribution in [0.5, 0.6) is 17.2 Å². The van der Waals surface area contributed by atoms with E-state index in [1.807, 2.05) is 6.92 Å². The Hall–Kier alpha value is -4.05. The number of para-hydroxylation sites is 2. The van der Waals surface area contributed by atoms with E-state index in [4.69, 9.17) is 14.2 Å². The number of carbonyl (C=O) groups is 2. The van der Waals surface area contributed by atoms with Gasteiger partial charge in [-0.15, -0.1) is 11.3 Å². The third-order valence-corrected chi connectivity index (χ3v) is 6.01. The molecule has 2 N–H and O–H groups in total. The first-order chi connectivity index (χ1) is 16.9. The lowest BCUT2D eigenvalue weighted by Crippen LogP contribution is -2.29. The van der Waals surface area contributed by atoms with Gasteiger partial charge in [0.05, 0.1) is 24.4 Å². The second-order valence-electron chi connectivity index (χ2n) is 7.30. The predicted molar refractivity (Wildman–Crippen MR) is 136 cm³/mol. The van der Waals surface area contributed by atoms with E-state index in [-0.39, 0.29) is 24.0 Å². The molecule has 9 nitrogen and oxygen atoms in total. The summed E-state index contributed by atoms with van der Waals surface area (Å²) >= 11 is 1.19. The van der Waals surface area contributed by atoms with Gasteiger partial charge in [-0.25, -0.2) is 0 Å². The molecule has 0 aliphatic heterocycles. The molecule has 10 heteroatoms. The number of rotatable bonds is 9. The molecular formula is C25H27N3O6S. The van der Waals surface area contributed by atoms with Crippen LogP contribution in [0.2, 0.25) is 0 Å². The average molecular weight is 498 g/mol. The highest BCUT2D eigenvalue weighted by Crippen LogP contribution is 2.28. The van der Waals surface area contributed by atoms with Crippen molar-refractivity contribution in [2.24, 2.45) is 7.05 Å². The maximum Gasteiger partial charge on any atom is 0.268 e. The van der Waals surface area contributed by atoms with Gasteiger partial charge in [0, 0.05) is 19.7 Å². The quantitative estimate of drug-likeness (QED) is 0.461. The third-order valence-electron chi connectivity index (χ3n) is 4.90. The molecule has 3 aromatic rings. The van der Waals surface area contributed by atoms with E-state index in [9.17, 15) is 14.4 Å². The molecule has 0 aliphatic carbocycles. The molecule has 35 heavy (non-hydrogen) atoms. The molecular weight excluding hydrogens is 470 g/mol. The van der Waals surface area contributed by atoms with Crippen molar-refractivity contribution in [2.75, 3.05) is 32.7 Å². The number of hydrogen-bond acceptors (Lipinski definition) is 7. The molecule has 0 atom stereocenters. The van der Waals surface area contributed by atoms with Crippen molar-refractivity contribution in [2.45, 2.75) is 6.92 Å². The Kier molecular flexibility index (Phi) is 8.69. The summed E-state index contributed by atoms with van der Waals surface area (Å²) in [5.74, 6) is 0.770. The van der Waals surface area contributed by atoms with E-state index in [2.05, 4.69) is 10.6 Å². The molecule has 0 spiro atoms. The topological polar surface area (TPSA) is 108 Å². The van der Waals surface area contributed by atoms with Crippen LogP contribution in [0.1, 0.15) is 12.5 Å². The Balaban J connectivity index is 1.86. The van der Waals surface area contributed by atoms with Crippen molar-refractivity contribution >= 4 is 41.0 Å². The Morgan fingerprint density at radius 2 is 1.80 bits per heavy atom. The number of amides is 2. The summed E-state index contributed by atoms with van der Waals surface area (Å²) in [6, 6.07) is 12.2. The van der Waals surface area contributed by atoms with Crippen LogP contribution >= 0.6 is 11.3 Å². The van der Waals surface area contributed by atoms with Crippen LogP contribution in [-0.4, -0.2) is 43.8 Å². The number of methoxy groups -OCH3 is 2. The van der Waals surface area contributed by atoms with Crippen molar-refractivity contribution in [1.82, 2.24) is 9.88 Å². The second kappa shape index (κ2) is 11.9. The van der Waals surface area contributed by atoms with Crippen LogP contribution < -0.4 is 39.6 Å². The molecule has 1 aromatic heterocycles. The van der Waals surface area contributed by atoms with Gasteiger partial charge in [0.1, 0.15) is 10.4 Å². The van der Waals surface area contributed by atoms with Gasteiger partial charge in [0.25, 0.3) is 17.4 Å². The minimum Gasteiger partial charge on any atom is -0.495 e. The molecule has 3 rings (SSSR count). The molecule has 2 aromatic carbocycles. The SMILES string of the molecule is CCNC(=O)COc1ccc(/C=c2/s/c(=C\C(=O)Nc3ccccc3OC)n(C)c2=O)cc1OC. The molecule has 0 radical (unpaired) electrons. The highest BCUT2D eigenvalue weighted by atomic mass is 32.1. The molecule has 0 unspecified atom stereocenters. The van der Waals surface area contributed by atoms with E-state index in [0.29, 0.717) is 44.2 Å². The maximum absolute atomic E-state index is 12.8. The first-order valence-corrected chi connectivity index (χ1v) is 11.6. The lowest BCUT2D eigenvalue weighted by atomic mass is 10.2. The number of nitrogens with zero attached hydrogens (tertiary/aromatic N) is 1. The number of thiazole rings is 1. The zero-order chi connectivity index (χ0) is 25.4. The molecule has 0 fully saturated rings. The fourth-order valence-corrected chi connectivity index (χ4v) is 4.20. The normalized spacial score (nSPS) is 11.8. The van der Waals surface area contributed by atoms with Crippen LogP contribution in [0.4, 0.5) is 5.69 Å². The number of hydrogen-bond donors (Lipinski definition) is 2. The van der Waals surface area contributed by atoms with Crippen LogP contribution in [0.15, 0.2) is 47.3 Å². The largest absolute Gasteiger partial charge is 0.495 e. The van der Waals surface area contributed by atoms with Crippen LogP contribution in [0.25, 0.3) is 12.2 Å². The Labute approximate surface area is 206 Å². The van der Waals surface area contributed by atoms with Gasteiger partial charge in [0.2, 0.25) is 0 Å². The van der Waals surface area contributed by atoms with Gasteiger partial charge in [-0.05, 0) is 42.8 Å². The van der Waals surface area contributed by atoms with E-state index in [0.717, 1.165) is 0 Å². The number of carbonyl (C=O) groups excluding carboxylic acids is 2. The number of ether oxygens (including phenoxy) is 3. The molecule has 184 valence electrons. The molecule has 0 saturated heterocycles. The van der Waals surface area contributed by atoms with Crippen molar-refractivity contribution in [3.8, 4) is 17.2 Å². The number of likely N-dealkylation sites (N-methyl/N-ethyl adjacent to an activating group) is 1. The zero-order valence-electron chi connectivity index (χ0n) is 19.9. The fraction of sp³-hybridized carbons (Fsp3) is 0.240. The minimum atomic E-state index is -0.381. The zero-order valence-corrected chi connectivity index (χ0v) is 20.7.